The van der Waals surface area contributed by atoms with E-state index < -0.39 is 0 Å². The number of amides is 2. The van der Waals surface area contributed by atoms with Gasteiger partial charge >= 0.3 is 0 Å². The van der Waals surface area contributed by atoms with Gasteiger partial charge in [0.25, 0.3) is 0 Å². The van der Waals surface area contributed by atoms with Gasteiger partial charge in [0.05, 0.1) is 31.4 Å². The van der Waals surface area contributed by atoms with E-state index in [2.05, 4.69) is 5.32 Å². The maximum absolute atomic E-state index is 12.6. The van der Waals surface area contributed by atoms with E-state index in [1.165, 1.54) is 23.8 Å². The second kappa shape index (κ2) is 8.64. The Kier molecular flexibility index (Phi) is 6.03. The first-order valence-electron chi connectivity index (χ1n) is 8.32. The summed E-state index contributed by atoms with van der Waals surface area (Å²) in [5.74, 6) is 1.03. The van der Waals surface area contributed by atoms with Crippen LogP contribution < -0.4 is 14.8 Å². The second-order valence-electron chi connectivity index (χ2n) is 5.77. The predicted octanol–water partition coefficient (Wildman–Crippen LogP) is 3.22. The average molecular weight is 384 g/mol. The van der Waals surface area contributed by atoms with Crippen molar-refractivity contribution < 1.29 is 19.1 Å². The third kappa shape index (κ3) is 4.43. The van der Waals surface area contributed by atoms with Crippen LogP contribution in [0.5, 0.6) is 11.5 Å². The molecular formula is C20H20N2O4S. The summed E-state index contributed by atoms with van der Waals surface area (Å²) in [7, 11) is 3.08. The van der Waals surface area contributed by atoms with E-state index >= 15 is 0 Å². The maximum atomic E-state index is 12.6. The van der Waals surface area contributed by atoms with Gasteiger partial charge in [0.2, 0.25) is 11.8 Å². The topological polar surface area (TPSA) is 67.9 Å². The summed E-state index contributed by atoms with van der Waals surface area (Å²) in [6.45, 7) is -0.0741. The first-order chi connectivity index (χ1) is 13.1. The molecule has 1 aliphatic heterocycles. The molecule has 0 saturated heterocycles. The molecule has 0 fully saturated rings. The highest BCUT2D eigenvalue weighted by Gasteiger charge is 2.25. The van der Waals surface area contributed by atoms with Crippen LogP contribution in [-0.2, 0) is 9.59 Å². The number of hydrogen-bond acceptors (Lipinski definition) is 5. The minimum Gasteiger partial charge on any atom is -0.497 e. The van der Waals surface area contributed by atoms with Gasteiger partial charge in [0.15, 0.2) is 0 Å². The molecule has 140 valence electrons. The van der Waals surface area contributed by atoms with Crippen LogP contribution in [0, 0.1) is 0 Å². The number of nitrogens with zero attached hydrogens (tertiary/aromatic N) is 1. The first-order valence-corrected chi connectivity index (χ1v) is 9.36. The van der Waals surface area contributed by atoms with Crippen LogP contribution in [0.3, 0.4) is 0 Å². The van der Waals surface area contributed by atoms with E-state index in [1.54, 1.807) is 25.3 Å². The highest BCUT2D eigenvalue weighted by Crippen LogP contribution is 2.30. The highest BCUT2D eigenvalue weighted by molar-refractivity contribution is 8.03. The van der Waals surface area contributed by atoms with Crippen molar-refractivity contribution in [1.82, 2.24) is 4.90 Å². The Morgan fingerprint density at radius 2 is 1.93 bits per heavy atom. The SMILES string of the molecule is COc1ccc(NC(=O)CN2C(=O)CSC=C2c2ccccc2)c(OC)c1. The average Bonchev–Trinajstić information content (AvgIpc) is 2.70. The van der Waals surface area contributed by atoms with Crippen LogP contribution in [0.1, 0.15) is 5.56 Å². The third-order valence-electron chi connectivity index (χ3n) is 4.05. The number of carbonyl (C=O) groups excluding carboxylic acids is 2. The zero-order chi connectivity index (χ0) is 19.2. The number of nitrogens with one attached hydrogen (secondary N) is 1. The van der Waals surface area contributed by atoms with Crippen LogP contribution >= 0.6 is 11.8 Å². The number of anilines is 1. The maximum Gasteiger partial charge on any atom is 0.244 e. The van der Waals surface area contributed by atoms with Crippen molar-refractivity contribution in [3.63, 3.8) is 0 Å². The molecule has 27 heavy (non-hydrogen) atoms. The molecule has 0 radical (unpaired) electrons. The molecule has 3 rings (SSSR count). The van der Waals surface area contributed by atoms with Crippen LogP contribution in [-0.4, -0.2) is 43.2 Å². The Hall–Kier alpha value is -2.93. The zero-order valence-electron chi connectivity index (χ0n) is 15.1. The summed E-state index contributed by atoms with van der Waals surface area (Å²) in [6, 6.07) is 14.7. The first kappa shape index (κ1) is 18.8. The number of rotatable bonds is 6. The molecule has 0 saturated carbocycles. The molecule has 7 heteroatoms. The fourth-order valence-corrected chi connectivity index (χ4v) is 3.51. The van der Waals surface area contributed by atoms with Crippen molar-refractivity contribution >= 4 is 35.0 Å². The Morgan fingerprint density at radius 3 is 2.63 bits per heavy atom. The van der Waals surface area contributed by atoms with E-state index in [0.717, 1.165) is 11.3 Å². The molecule has 1 heterocycles. The molecule has 2 aromatic rings. The van der Waals surface area contributed by atoms with Crippen LogP contribution in [0.2, 0.25) is 0 Å². The highest BCUT2D eigenvalue weighted by atomic mass is 32.2. The van der Waals surface area contributed by atoms with Gasteiger partial charge in [0, 0.05) is 6.07 Å². The van der Waals surface area contributed by atoms with Gasteiger partial charge in [-0.05, 0) is 23.1 Å². The van der Waals surface area contributed by atoms with E-state index in [0.29, 0.717) is 22.9 Å². The summed E-state index contributed by atoms with van der Waals surface area (Å²) in [5, 5.41) is 4.72. The monoisotopic (exact) mass is 384 g/mol. The molecule has 0 unspecified atom stereocenters. The molecular weight excluding hydrogens is 364 g/mol. The Balaban J connectivity index is 1.77. The molecule has 2 amide bonds. The van der Waals surface area contributed by atoms with E-state index in [9.17, 15) is 9.59 Å². The van der Waals surface area contributed by atoms with Gasteiger partial charge in [0.1, 0.15) is 18.0 Å². The fourth-order valence-electron chi connectivity index (χ4n) is 2.71. The number of benzene rings is 2. The molecule has 6 nitrogen and oxygen atoms in total. The fraction of sp³-hybridized carbons (Fsp3) is 0.200. The molecule has 1 N–H and O–H groups in total. The lowest BCUT2D eigenvalue weighted by Crippen LogP contribution is -2.39. The van der Waals surface area contributed by atoms with Crippen molar-refractivity contribution in [2.45, 2.75) is 0 Å². The van der Waals surface area contributed by atoms with Gasteiger partial charge in [-0.25, -0.2) is 0 Å². The van der Waals surface area contributed by atoms with Gasteiger partial charge in [-0.3, -0.25) is 9.59 Å². The van der Waals surface area contributed by atoms with Crippen LogP contribution in [0.25, 0.3) is 5.70 Å². The lowest BCUT2D eigenvalue weighted by molar-refractivity contribution is -0.129. The van der Waals surface area contributed by atoms with Crippen molar-refractivity contribution in [3.8, 4) is 11.5 Å². The summed E-state index contributed by atoms with van der Waals surface area (Å²) >= 11 is 1.43. The number of ether oxygens (including phenoxy) is 2. The molecule has 0 bridgehead atoms. The van der Waals surface area contributed by atoms with E-state index in [-0.39, 0.29) is 18.4 Å². The molecule has 0 aromatic heterocycles. The summed E-state index contributed by atoms with van der Waals surface area (Å²) in [6.07, 6.45) is 0. The lowest BCUT2D eigenvalue weighted by atomic mass is 10.1. The summed E-state index contributed by atoms with van der Waals surface area (Å²) < 4.78 is 10.5. The van der Waals surface area contributed by atoms with E-state index in [4.69, 9.17) is 9.47 Å². The Morgan fingerprint density at radius 1 is 1.15 bits per heavy atom. The number of hydrogen-bond donors (Lipinski definition) is 1. The quantitative estimate of drug-likeness (QED) is 0.828. The Labute approximate surface area is 162 Å². The predicted molar refractivity (Wildman–Crippen MR) is 107 cm³/mol. The largest absolute Gasteiger partial charge is 0.497 e. The number of methoxy groups -OCH3 is 2. The molecule has 2 aromatic carbocycles. The standard InChI is InChI=1S/C20H20N2O4S/c1-25-15-8-9-16(18(10-15)26-2)21-19(23)11-22-17(12-27-13-20(22)24)14-6-4-3-5-7-14/h3-10,12H,11,13H2,1-2H3,(H,21,23). The summed E-state index contributed by atoms with van der Waals surface area (Å²) in [4.78, 5) is 26.5. The molecule has 0 aliphatic carbocycles. The van der Waals surface area contributed by atoms with Crippen LogP contribution in [0.4, 0.5) is 5.69 Å². The van der Waals surface area contributed by atoms with E-state index in [1.807, 2.05) is 35.7 Å². The van der Waals surface area contributed by atoms with Crippen LogP contribution in [0.15, 0.2) is 53.9 Å². The smallest absolute Gasteiger partial charge is 0.244 e. The molecule has 0 spiro atoms. The van der Waals surface area contributed by atoms with Gasteiger partial charge in [-0.1, -0.05) is 30.3 Å². The van der Waals surface area contributed by atoms with Crippen molar-refractivity contribution in [2.75, 3.05) is 31.8 Å². The van der Waals surface area contributed by atoms with Gasteiger partial charge in [-0.2, -0.15) is 0 Å². The normalized spacial score (nSPS) is 13.8. The minimum absolute atomic E-state index is 0.0741. The van der Waals surface area contributed by atoms with Gasteiger partial charge in [-0.15, -0.1) is 11.8 Å². The van der Waals surface area contributed by atoms with Gasteiger partial charge < -0.3 is 19.7 Å². The third-order valence-corrected chi connectivity index (χ3v) is 4.85. The molecule has 0 atom stereocenters. The minimum atomic E-state index is -0.305. The Bertz CT molecular complexity index is 868. The van der Waals surface area contributed by atoms with Crippen molar-refractivity contribution in [3.05, 3.63) is 59.5 Å². The summed E-state index contributed by atoms with van der Waals surface area (Å²) in [5.41, 5.74) is 2.15. The molecule has 1 aliphatic rings. The number of thioether (sulfide) groups is 1. The number of carbonyl (C=O) groups is 2. The second-order valence-corrected chi connectivity index (χ2v) is 6.63. The van der Waals surface area contributed by atoms with Crippen molar-refractivity contribution in [1.29, 1.82) is 0 Å². The van der Waals surface area contributed by atoms with Crippen molar-refractivity contribution in [2.24, 2.45) is 0 Å². The lowest BCUT2D eigenvalue weighted by Gasteiger charge is -2.28. The zero-order valence-corrected chi connectivity index (χ0v) is 15.9.